The monoisotopic (exact) mass is 288 g/mol. The average molecular weight is 288 g/mol. The lowest BCUT2D eigenvalue weighted by Crippen LogP contribution is -2.34. The summed E-state index contributed by atoms with van der Waals surface area (Å²) in [6.07, 6.45) is 1.40. The highest BCUT2D eigenvalue weighted by Gasteiger charge is 2.17. The van der Waals surface area contributed by atoms with E-state index in [-0.39, 0.29) is 30.7 Å². The smallest absolute Gasteiger partial charge is 0.289 e. The number of aliphatic hydroxyl groups is 1. The van der Waals surface area contributed by atoms with E-state index < -0.39 is 0 Å². The van der Waals surface area contributed by atoms with Crippen LogP contribution in [0, 0.1) is 0 Å². The molecule has 110 valence electrons. The first-order valence-corrected chi connectivity index (χ1v) is 6.39. The molecule has 0 saturated heterocycles. The molecule has 1 aromatic heterocycles. The summed E-state index contributed by atoms with van der Waals surface area (Å²) < 4.78 is 5.00. The topological polar surface area (TPSA) is 82.8 Å². The van der Waals surface area contributed by atoms with Crippen molar-refractivity contribution < 1.29 is 19.1 Å². The van der Waals surface area contributed by atoms with Crippen molar-refractivity contribution in [2.24, 2.45) is 0 Å². The van der Waals surface area contributed by atoms with Gasteiger partial charge in [-0.3, -0.25) is 9.59 Å². The van der Waals surface area contributed by atoms with Crippen LogP contribution in [0.4, 0.5) is 5.69 Å². The summed E-state index contributed by atoms with van der Waals surface area (Å²) in [5.74, 6) is -0.537. The quantitative estimate of drug-likeness (QED) is 0.873. The van der Waals surface area contributed by atoms with E-state index in [9.17, 15) is 14.7 Å². The summed E-state index contributed by atoms with van der Waals surface area (Å²) in [5, 5.41) is 11.9. The van der Waals surface area contributed by atoms with Gasteiger partial charge in [0.1, 0.15) is 0 Å². The van der Waals surface area contributed by atoms with Crippen molar-refractivity contribution in [3.8, 4) is 0 Å². The molecule has 0 aliphatic rings. The Bertz CT molecular complexity index is 622. The van der Waals surface area contributed by atoms with E-state index in [1.54, 1.807) is 30.3 Å². The fourth-order valence-corrected chi connectivity index (χ4v) is 1.85. The molecule has 2 rings (SSSR count). The zero-order valence-corrected chi connectivity index (χ0v) is 11.6. The van der Waals surface area contributed by atoms with Gasteiger partial charge in [-0.2, -0.15) is 0 Å². The molecule has 0 spiro atoms. The van der Waals surface area contributed by atoms with Gasteiger partial charge in [-0.15, -0.1) is 0 Å². The number of carbonyl (C=O) groups excluding carboxylic acids is 2. The van der Waals surface area contributed by atoms with Crippen LogP contribution < -0.4 is 5.32 Å². The lowest BCUT2D eigenvalue weighted by Gasteiger charge is -2.16. The molecule has 1 aromatic carbocycles. The van der Waals surface area contributed by atoms with Crippen LogP contribution >= 0.6 is 0 Å². The standard InChI is InChI=1S/C15H16N2O4/c1-17(15(20)13-7-4-8-21-13)9-14(19)16-12-6-3-2-5-11(12)10-18/h2-8,18H,9-10H2,1H3,(H,16,19). The molecule has 0 saturated carbocycles. The summed E-state index contributed by atoms with van der Waals surface area (Å²) in [6, 6.07) is 10.1. The molecule has 0 unspecified atom stereocenters. The molecule has 6 heteroatoms. The molecule has 2 N–H and O–H groups in total. The van der Waals surface area contributed by atoms with E-state index >= 15 is 0 Å². The fourth-order valence-electron chi connectivity index (χ4n) is 1.85. The van der Waals surface area contributed by atoms with Gasteiger partial charge in [0, 0.05) is 18.3 Å². The van der Waals surface area contributed by atoms with Crippen LogP contribution in [0.15, 0.2) is 47.1 Å². The van der Waals surface area contributed by atoms with Crippen LogP contribution in [-0.4, -0.2) is 35.4 Å². The highest BCUT2D eigenvalue weighted by Crippen LogP contribution is 2.14. The van der Waals surface area contributed by atoms with Gasteiger partial charge in [0.2, 0.25) is 5.91 Å². The molecule has 2 aromatic rings. The number of rotatable bonds is 5. The van der Waals surface area contributed by atoms with Gasteiger partial charge >= 0.3 is 0 Å². The molecule has 1 heterocycles. The summed E-state index contributed by atoms with van der Waals surface area (Å²) in [6.45, 7) is -0.281. The Morgan fingerprint density at radius 1 is 1.24 bits per heavy atom. The Kier molecular flexibility index (Phi) is 4.73. The van der Waals surface area contributed by atoms with Gasteiger partial charge in [-0.25, -0.2) is 0 Å². The molecule has 6 nitrogen and oxygen atoms in total. The average Bonchev–Trinajstić information content (AvgIpc) is 3.01. The second-order valence-corrected chi connectivity index (χ2v) is 4.50. The molecule has 0 radical (unpaired) electrons. The molecular weight excluding hydrogens is 272 g/mol. The summed E-state index contributed by atoms with van der Waals surface area (Å²) >= 11 is 0. The highest BCUT2D eigenvalue weighted by atomic mass is 16.3. The van der Waals surface area contributed by atoms with Gasteiger partial charge in [-0.1, -0.05) is 18.2 Å². The number of anilines is 1. The van der Waals surface area contributed by atoms with Crippen molar-refractivity contribution in [2.75, 3.05) is 18.9 Å². The summed E-state index contributed by atoms with van der Waals surface area (Å²) in [5.41, 5.74) is 1.15. The summed E-state index contributed by atoms with van der Waals surface area (Å²) in [7, 11) is 1.52. The van der Waals surface area contributed by atoms with E-state index in [2.05, 4.69) is 5.32 Å². The van der Waals surface area contributed by atoms with Crippen LogP contribution in [0.25, 0.3) is 0 Å². The first kappa shape index (κ1) is 14.8. The number of furan rings is 1. The van der Waals surface area contributed by atoms with Crippen LogP contribution in [0.1, 0.15) is 16.1 Å². The van der Waals surface area contributed by atoms with Gasteiger partial charge in [0.25, 0.3) is 5.91 Å². The van der Waals surface area contributed by atoms with Crippen LogP contribution in [0.3, 0.4) is 0 Å². The Labute approximate surface area is 122 Å². The SMILES string of the molecule is CN(CC(=O)Nc1ccccc1CO)C(=O)c1ccco1. The normalized spacial score (nSPS) is 10.2. The first-order valence-electron chi connectivity index (χ1n) is 6.39. The Hall–Kier alpha value is -2.60. The van der Waals surface area contributed by atoms with Gasteiger partial charge in [0.15, 0.2) is 5.76 Å². The van der Waals surface area contributed by atoms with E-state index in [0.717, 1.165) is 0 Å². The minimum atomic E-state index is -0.370. The Morgan fingerprint density at radius 3 is 2.67 bits per heavy atom. The molecule has 0 atom stereocenters. The van der Waals surface area contributed by atoms with E-state index in [0.29, 0.717) is 11.3 Å². The minimum absolute atomic E-state index is 0.112. The zero-order valence-electron chi connectivity index (χ0n) is 11.6. The Balaban J connectivity index is 1.97. The number of benzene rings is 1. The van der Waals surface area contributed by atoms with Crippen molar-refractivity contribution >= 4 is 17.5 Å². The molecule has 0 aliphatic heterocycles. The molecule has 0 aliphatic carbocycles. The predicted molar refractivity (Wildman–Crippen MR) is 76.7 cm³/mol. The number of hydrogen-bond donors (Lipinski definition) is 2. The number of carbonyl (C=O) groups is 2. The third kappa shape index (κ3) is 3.70. The Morgan fingerprint density at radius 2 is 2.00 bits per heavy atom. The van der Waals surface area contributed by atoms with Crippen LogP contribution in [0.2, 0.25) is 0 Å². The number of likely N-dealkylation sites (N-methyl/N-ethyl adjacent to an activating group) is 1. The lowest BCUT2D eigenvalue weighted by molar-refractivity contribution is -0.116. The number of nitrogens with zero attached hydrogens (tertiary/aromatic N) is 1. The van der Waals surface area contributed by atoms with Crippen molar-refractivity contribution in [2.45, 2.75) is 6.61 Å². The highest BCUT2D eigenvalue weighted by molar-refractivity contribution is 5.98. The molecule has 21 heavy (non-hydrogen) atoms. The second-order valence-electron chi connectivity index (χ2n) is 4.50. The van der Waals surface area contributed by atoms with Gasteiger partial charge in [0.05, 0.1) is 19.4 Å². The largest absolute Gasteiger partial charge is 0.459 e. The number of aliphatic hydroxyl groups excluding tert-OH is 1. The third-order valence-corrected chi connectivity index (χ3v) is 2.92. The molecule has 0 fully saturated rings. The lowest BCUT2D eigenvalue weighted by atomic mass is 10.2. The van der Waals surface area contributed by atoms with E-state index in [4.69, 9.17) is 4.42 Å². The minimum Gasteiger partial charge on any atom is -0.459 e. The van der Waals surface area contributed by atoms with Crippen molar-refractivity contribution in [3.63, 3.8) is 0 Å². The summed E-state index contributed by atoms with van der Waals surface area (Å²) in [4.78, 5) is 25.1. The second kappa shape index (κ2) is 6.71. The van der Waals surface area contributed by atoms with Gasteiger partial charge < -0.3 is 19.7 Å². The number of amides is 2. The van der Waals surface area contributed by atoms with Crippen molar-refractivity contribution in [3.05, 3.63) is 54.0 Å². The molecule has 0 bridgehead atoms. The van der Waals surface area contributed by atoms with Crippen LogP contribution in [0.5, 0.6) is 0 Å². The molecular formula is C15H16N2O4. The van der Waals surface area contributed by atoms with E-state index in [1.165, 1.54) is 24.3 Å². The number of hydrogen-bond acceptors (Lipinski definition) is 4. The maximum Gasteiger partial charge on any atom is 0.289 e. The zero-order chi connectivity index (χ0) is 15.2. The van der Waals surface area contributed by atoms with Crippen LogP contribution in [-0.2, 0) is 11.4 Å². The van der Waals surface area contributed by atoms with Gasteiger partial charge in [-0.05, 0) is 18.2 Å². The van der Waals surface area contributed by atoms with Crippen molar-refractivity contribution in [1.29, 1.82) is 0 Å². The number of nitrogens with one attached hydrogen (secondary N) is 1. The maximum absolute atomic E-state index is 11.9. The van der Waals surface area contributed by atoms with E-state index in [1.807, 2.05) is 0 Å². The third-order valence-electron chi connectivity index (χ3n) is 2.92. The maximum atomic E-state index is 11.9. The fraction of sp³-hybridized carbons (Fsp3) is 0.200. The van der Waals surface area contributed by atoms with Crippen molar-refractivity contribution in [1.82, 2.24) is 4.90 Å². The molecule has 2 amide bonds. The predicted octanol–water partition coefficient (Wildman–Crippen LogP) is 1.48. The first-order chi connectivity index (χ1) is 10.1. The number of para-hydroxylation sites is 1.